The maximum absolute atomic E-state index is 8.96. The Kier molecular flexibility index (Phi) is 3.30. The summed E-state index contributed by atoms with van der Waals surface area (Å²) in [5, 5.41) is 8.96. The van der Waals surface area contributed by atoms with Crippen LogP contribution in [0, 0.1) is 11.3 Å². The molecular weight excluding hydrogens is 246 g/mol. The van der Waals surface area contributed by atoms with E-state index in [1.807, 2.05) is 24.3 Å². The molecule has 1 heterocycles. The van der Waals surface area contributed by atoms with Gasteiger partial charge in [-0.15, -0.1) is 0 Å². The van der Waals surface area contributed by atoms with E-state index in [-0.39, 0.29) is 0 Å². The van der Waals surface area contributed by atoms with Crippen LogP contribution >= 0.6 is 0 Å². The van der Waals surface area contributed by atoms with Gasteiger partial charge >= 0.3 is 0 Å². The van der Waals surface area contributed by atoms with Crippen LogP contribution in [0.15, 0.2) is 48.5 Å². The fourth-order valence-electron chi connectivity index (χ4n) is 2.93. The summed E-state index contributed by atoms with van der Waals surface area (Å²) < 4.78 is 0. The largest absolute Gasteiger partial charge is 0.398 e. The second-order valence-electron chi connectivity index (χ2n) is 5.15. The third-order valence-corrected chi connectivity index (χ3v) is 3.92. The molecule has 100 valence electrons. The lowest BCUT2D eigenvalue weighted by Crippen LogP contribution is -2.22. The minimum Gasteiger partial charge on any atom is -0.398 e. The molecule has 2 aromatic carbocycles. The molecule has 3 heteroatoms. The fourth-order valence-corrected chi connectivity index (χ4v) is 2.93. The minimum absolute atomic E-state index is 0.406. The van der Waals surface area contributed by atoms with Gasteiger partial charge in [0.25, 0.3) is 0 Å². The van der Waals surface area contributed by atoms with Gasteiger partial charge in [-0.05, 0) is 36.6 Å². The Morgan fingerprint density at radius 2 is 1.95 bits per heavy atom. The molecule has 0 aromatic heterocycles. The highest BCUT2D eigenvalue weighted by atomic mass is 15.2. The van der Waals surface area contributed by atoms with Gasteiger partial charge in [0, 0.05) is 12.2 Å². The lowest BCUT2D eigenvalue weighted by Gasteiger charge is -2.27. The lowest BCUT2D eigenvalue weighted by molar-refractivity contribution is 0.719. The van der Waals surface area contributed by atoms with Crippen LogP contribution < -0.4 is 10.6 Å². The van der Waals surface area contributed by atoms with Crippen molar-refractivity contribution in [2.75, 3.05) is 17.2 Å². The Labute approximate surface area is 119 Å². The molecule has 1 aliphatic heterocycles. The van der Waals surface area contributed by atoms with Gasteiger partial charge in [0.05, 0.1) is 17.3 Å². The van der Waals surface area contributed by atoms with Crippen molar-refractivity contribution in [3.05, 3.63) is 59.7 Å². The summed E-state index contributed by atoms with van der Waals surface area (Å²) in [6, 6.07) is 18.8. The summed E-state index contributed by atoms with van der Waals surface area (Å²) in [4.78, 5) is 2.38. The van der Waals surface area contributed by atoms with Gasteiger partial charge in [0.1, 0.15) is 6.07 Å². The first kappa shape index (κ1) is 12.6. The van der Waals surface area contributed by atoms with Crippen molar-refractivity contribution in [2.45, 2.75) is 18.9 Å². The van der Waals surface area contributed by atoms with Crippen molar-refractivity contribution in [3.63, 3.8) is 0 Å². The quantitative estimate of drug-likeness (QED) is 0.844. The van der Waals surface area contributed by atoms with E-state index in [1.165, 1.54) is 12.0 Å². The monoisotopic (exact) mass is 263 g/mol. The SMILES string of the molecule is N#Cc1ccc(N2CCCC2c2ccccc2)cc1N. The van der Waals surface area contributed by atoms with Gasteiger partial charge in [-0.25, -0.2) is 0 Å². The van der Waals surface area contributed by atoms with E-state index in [0.29, 0.717) is 17.3 Å². The molecule has 0 aliphatic carbocycles. The number of hydrogen-bond donors (Lipinski definition) is 1. The van der Waals surface area contributed by atoms with Crippen LogP contribution in [0.2, 0.25) is 0 Å². The van der Waals surface area contributed by atoms with Crippen LogP contribution in [0.1, 0.15) is 30.0 Å². The number of nitrogen functional groups attached to an aromatic ring is 1. The van der Waals surface area contributed by atoms with Crippen molar-refractivity contribution in [2.24, 2.45) is 0 Å². The molecule has 1 atom stereocenters. The molecule has 2 aromatic rings. The highest BCUT2D eigenvalue weighted by molar-refractivity contribution is 5.64. The third kappa shape index (κ3) is 2.21. The predicted molar refractivity (Wildman–Crippen MR) is 81.3 cm³/mol. The van der Waals surface area contributed by atoms with Crippen molar-refractivity contribution >= 4 is 11.4 Å². The van der Waals surface area contributed by atoms with Gasteiger partial charge in [-0.1, -0.05) is 30.3 Å². The standard InChI is InChI=1S/C17H17N3/c18-12-14-8-9-15(11-16(14)19)20-10-4-7-17(20)13-5-2-1-3-6-13/h1-3,5-6,8-9,11,17H,4,7,10,19H2. The molecule has 0 saturated carbocycles. The Bertz CT molecular complexity index is 643. The predicted octanol–water partition coefficient (Wildman–Crippen LogP) is 3.48. The number of nitrogens with two attached hydrogens (primary N) is 1. The zero-order valence-corrected chi connectivity index (χ0v) is 11.3. The number of benzene rings is 2. The van der Waals surface area contributed by atoms with E-state index in [2.05, 4.69) is 35.2 Å². The second kappa shape index (κ2) is 5.26. The summed E-state index contributed by atoms with van der Waals surface area (Å²) >= 11 is 0. The van der Waals surface area contributed by atoms with E-state index in [4.69, 9.17) is 11.0 Å². The Hall–Kier alpha value is -2.47. The Morgan fingerprint density at radius 3 is 2.65 bits per heavy atom. The Morgan fingerprint density at radius 1 is 1.15 bits per heavy atom. The molecular formula is C17H17N3. The van der Waals surface area contributed by atoms with Crippen LogP contribution in [-0.2, 0) is 0 Å². The van der Waals surface area contributed by atoms with Crippen LogP contribution in [0.3, 0.4) is 0 Å². The first-order chi connectivity index (χ1) is 9.79. The van der Waals surface area contributed by atoms with E-state index < -0.39 is 0 Å². The number of anilines is 2. The molecule has 0 spiro atoms. The van der Waals surface area contributed by atoms with Crippen LogP contribution in [-0.4, -0.2) is 6.54 Å². The van der Waals surface area contributed by atoms with E-state index in [0.717, 1.165) is 18.7 Å². The molecule has 0 bridgehead atoms. The smallest absolute Gasteiger partial charge is 0.101 e. The fraction of sp³-hybridized carbons (Fsp3) is 0.235. The lowest BCUT2D eigenvalue weighted by atomic mass is 10.0. The average molecular weight is 263 g/mol. The number of hydrogen-bond acceptors (Lipinski definition) is 3. The molecule has 1 fully saturated rings. The van der Waals surface area contributed by atoms with E-state index >= 15 is 0 Å². The zero-order valence-electron chi connectivity index (χ0n) is 11.3. The molecule has 20 heavy (non-hydrogen) atoms. The maximum Gasteiger partial charge on any atom is 0.101 e. The molecule has 3 rings (SSSR count). The van der Waals surface area contributed by atoms with Crippen molar-refractivity contribution in [1.29, 1.82) is 5.26 Å². The summed E-state index contributed by atoms with van der Waals surface area (Å²) in [6.07, 6.45) is 2.34. The second-order valence-corrected chi connectivity index (χ2v) is 5.15. The minimum atomic E-state index is 0.406. The van der Waals surface area contributed by atoms with E-state index in [9.17, 15) is 0 Å². The molecule has 1 aliphatic rings. The average Bonchev–Trinajstić information content (AvgIpc) is 2.97. The van der Waals surface area contributed by atoms with Gasteiger partial charge < -0.3 is 10.6 Å². The molecule has 0 amide bonds. The molecule has 2 N–H and O–H groups in total. The first-order valence-electron chi connectivity index (χ1n) is 6.91. The topological polar surface area (TPSA) is 53.0 Å². The summed E-state index contributed by atoms with van der Waals surface area (Å²) in [7, 11) is 0. The number of nitriles is 1. The van der Waals surface area contributed by atoms with E-state index in [1.54, 1.807) is 0 Å². The van der Waals surface area contributed by atoms with Crippen molar-refractivity contribution in [3.8, 4) is 6.07 Å². The number of nitrogens with zero attached hydrogens (tertiary/aromatic N) is 2. The summed E-state index contributed by atoms with van der Waals surface area (Å²) in [6.45, 7) is 1.03. The maximum atomic E-state index is 8.96. The van der Waals surface area contributed by atoms with Gasteiger partial charge in [-0.3, -0.25) is 0 Å². The summed E-state index contributed by atoms with van der Waals surface area (Å²) in [5.74, 6) is 0. The summed E-state index contributed by atoms with van der Waals surface area (Å²) in [5.41, 5.74) is 9.48. The first-order valence-corrected chi connectivity index (χ1v) is 6.91. The van der Waals surface area contributed by atoms with Crippen molar-refractivity contribution < 1.29 is 0 Å². The highest BCUT2D eigenvalue weighted by Crippen LogP contribution is 2.36. The van der Waals surface area contributed by atoms with Gasteiger partial charge in [0.15, 0.2) is 0 Å². The van der Waals surface area contributed by atoms with Gasteiger partial charge in [-0.2, -0.15) is 5.26 Å². The van der Waals surface area contributed by atoms with Crippen molar-refractivity contribution in [1.82, 2.24) is 0 Å². The molecule has 1 unspecified atom stereocenters. The normalized spacial score (nSPS) is 17.9. The molecule has 3 nitrogen and oxygen atoms in total. The highest BCUT2D eigenvalue weighted by Gasteiger charge is 2.26. The molecule has 1 saturated heterocycles. The van der Waals surface area contributed by atoms with Crippen LogP contribution in [0.4, 0.5) is 11.4 Å². The zero-order chi connectivity index (χ0) is 13.9. The number of rotatable bonds is 2. The van der Waals surface area contributed by atoms with Crippen LogP contribution in [0.5, 0.6) is 0 Å². The molecule has 0 radical (unpaired) electrons. The van der Waals surface area contributed by atoms with Crippen LogP contribution in [0.25, 0.3) is 0 Å². The van der Waals surface area contributed by atoms with Gasteiger partial charge in [0.2, 0.25) is 0 Å². The third-order valence-electron chi connectivity index (χ3n) is 3.92. The Balaban J connectivity index is 1.93.